The molecule has 0 N–H and O–H groups in total. The lowest BCUT2D eigenvalue weighted by atomic mass is 9.91. The summed E-state index contributed by atoms with van der Waals surface area (Å²) in [6, 6.07) is 14.2. The summed E-state index contributed by atoms with van der Waals surface area (Å²) < 4.78 is 0. The smallest absolute Gasteiger partial charge is 0.227 e. The zero-order chi connectivity index (χ0) is 19.5. The molecule has 1 fully saturated rings. The van der Waals surface area contributed by atoms with Crippen LogP contribution in [0.1, 0.15) is 42.0 Å². The van der Waals surface area contributed by atoms with Crippen LogP contribution >= 0.6 is 23.2 Å². The van der Waals surface area contributed by atoms with E-state index in [0.717, 1.165) is 38.2 Å². The predicted molar refractivity (Wildman–Crippen MR) is 115 cm³/mol. The number of piperidine rings is 1. The first kappa shape index (κ1) is 19.8. The van der Waals surface area contributed by atoms with Gasteiger partial charge in [0, 0.05) is 13.1 Å². The molecule has 1 saturated heterocycles. The van der Waals surface area contributed by atoms with Gasteiger partial charge in [-0.15, -0.1) is 0 Å². The molecule has 0 aliphatic carbocycles. The average Bonchev–Trinajstić information content (AvgIpc) is 2.72. The van der Waals surface area contributed by atoms with Gasteiger partial charge in [-0.2, -0.15) is 0 Å². The molecule has 0 bridgehead atoms. The highest BCUT2D eigenvalue weighted by atomic mass is 35.5. The van der Waals surface area contributed by atoms with Crippen molar-refractivity contribution in [2.45, 2.75) is 38.1 Å². The third-order valence-corrected chi connectivity index (χ3v) is 6.69. The zero-order valence-corrected chi connectivity index (χ0v) is 17.6. The van der Waals surface area contributed by atoms with E-state index in [-0.39, 0.29) is 11.9 Å². The van der Waals surface area contributed by atoms with Crippen LogP contribution in [-0.4, -0.2) is 41.9 Å². The van der Waals surface area contributed by atoms with Crippen LogP contribution in [0.15, 0.2) is 42.5 Å². The second-order valence-corrected chi connectivity index (χ2v) is 8.65. The Kier molecular flexibility index (Phi) is 6.25. The van der Waals surface area contributed by atoms with Gasteiger partial charge in [0.2, 0.25) is 5.91 Å². The van der Waals surface area contributed by atoms with Gasteiger partial charge in [0.15, 0.2) is 0 Å². The van der Waals surface area contributed by atoms with Crippen LogP contribution in [0.25, 0.3) is 0 Å². The van der Waals surface area contributed by atoms with Gasteiger partial charge in [0.25, 0.3) is 0 Å². The second kappa shape index (κ2) is 8.86. The van der Waals surface area contributed by atoms with Gasteiger partial charge < -0.3 is 9.80 Å². The topological polar surface area (TPSA) is 23.6 Å². The van der Waals surface area contributed by atoms with Gasteiger partial charge in [0.05, 0.1) is 22.5 Å². The Hall–Kier alpha value is -1.55. The Morgan fingerprint density at radius 3 is 2.54 bits per heavy atom. The van der Waals surface area contributed by atoms with Gasteiger partial charge in [-0.3, -0.25) is 4.79 Å². The third kappa shape index (κ3) is 4.37. The normalized spacial score (nSPS) is 20.1. The minimum absolute atomic E-state index is 0.123. The minimum atomic E-state index is 0.123. The molecule has 0 aromatic heterocycles. The number of hydrogen-bond donors (Lipinski definition) is 0. The fourth-order valence-electron chi connectivity index (χ4n) is 4.46. The van der Waals surface area contributed by atoms with Crippen molar-refractivity contribution in [2.75, 3.05) is 26.2 Å². The Morgan fingerprint density at radius 2 is 1.75 bits per heavy atom. The SMILES string of the molecule is O=C(Cc1ccc(Cl)c(Cl)c1)N1CCc2ccccc2C1CN1CCCCC1. The molecule has 3 nitrogen and oxygen atoms in total. The maximum atomic E-state index is 13.3. The quantitative estimate of drug-likeness (QED) is 0.687. The van der Waals surface area contributed by atoms with E-state index in [9.17, 15) is 4.79 Å². The van der Waals surface area contributed by atoms with Crippen LogP contribution in [-0.2, 0) is 17.6 Å². The molecule has 148 valence electrons. The van der Waals surface area contributed by atoms with Crippen molar-refractivity contribution in [3.63, 3.8) is 0 Å². The minimum Gasteiger partial charge on any atom is -0.334 e. The summed E-state index contributed by atoms with van der Waals surface area (Å²) in [5.74, 6) is 0.162. The van der Waals surface area contributed by atoms with Crippen LogP contribution in [0.4, 0.5) is 0 Å². The first-order chi connectivity index (χ1) is 13.6. The number of fused-ring (bicyclic) bond motifs is 1. The molecule has 0 saturated carbocycles. The van der Waals surface area contributed by atoms with Gasteiger partial charge in [-0.1, -0.05) is 60.0 Å². The monoisotopic (exact) mass is 416 g/mol. The highest BCUT2D eigenvalue weighted by molar-refractivity contribution is 6.42. The van der Waals surface area contributed by atoms with E-state index < -0.39 is 0 Å². The van der Waals surface area contributed by atoms with Crippen molar-refractivity contribution < 1.29 is 4.79 Å². The largest absolute Gasteiger partial charge is 0.334 e. The Balaban J connectivity index is 1.56. The van der Waals surface area contributed by atoms with Crippen LogP contribution in [0.5, 0.6) is 0 Å². The van der Waals surface area contributed by atoms with E-state index in [1.165, 1.54) is 30.4 Å². The molecule has 1 atom stereocenters. The van der Waals surface area contributed by atoms with Crippen molar-refractivity contribution in [1.29, 1.82) is 0 Å². The molecule has 2 aliphatic heterocycles. The second-order valence-electron chi connectivity index (χ2n) is 7.84. The molecule has 2 aromatic rings. The molecule has 0 radical (unpaired) electrons. The number of hydrogen-bond acceptors (Lipinski definition) is 2. The predicted octanol–water partition coefficient (Wildman–Crippen LogP) is 5.15. The summed E-state index contributed by atoms with van der Waals surface area (Å²) in [5, 5.41) is 1.02. The van der Waals surface area contributed by atoms with Crippen molar-refractivity contribution in [3.8, 4) is 0 Å². The molecular weight excluding hydrogens is 391 g/mol. The number of carbonyl (C=O) groups excluding carboxylic acids is 1. The summed E-state index contributed by atoms with van der Waals surface area (Å²) >= 11 is 12.2. The van der Waals surface area contributed by atoms with Crippen molar-refractivity contribution in [1.82, 2.24) is 9.80 Å². The molecule has 0 spiro atoms. The maximum Gasteiger partial charge on any atom is 0.227 e. The number of benzene rings is 2. The number of carbonyl (C=O) groups is 1. The van der Waals surface area contributed by atoms with Crippen LogP contribution in [0.3, 0.4) is 0 Å². The number of amides is 1. The molecule has 4 rings (SSSR count). The molecule has 28 heavy (non-hydrogen) atoms. The van der Waals surface area contributed by atoms with Gasteiger partial charge >= 0.3 is 0 Å². The zero-order valence-electron chi connectivity index (χ0n) is 16.0. The molecule has 1 amide bonds. The van der Waals surface area contributed by atoms with Gasteiger partial charge in [-0.25, -0.2) is 0 Å². The lowest BCUT2D eigenvalue weighted by Crippen LogP contribution is -2.46. The summed E-state index contributed by atoms with van der Waals surface area (Å²) in [6.45, 7) is 3.96. The van der Waals surface area contributed by atoms with Crippen LogP contribution in [0.2, 0.25) is 10.0 Å². The van der Waals surface area contributed by atoms with Crippen molar-refractivity contribution >= 4 is 29.1 Å². The molecular formula is C23H26Cl2N2O. The standard InChI is InChI=1S/C23H26Cl2N2O/c24-20-9-8-17(14-21(20)25)15-23(28)27-13-10-18-6-2-3-7-19(18)22(27)16-26-11-4-1-5-12-26/h2-3,6-9,14,22H,1,4-5,10-13,15-16H2. The highest BCUT2D eigenvalue weighted by Gasteiger charge is 2.32. The summed E-state index contributed by atoms with van der Waals surface area (Å²) in [5.41, 5.74) is 3.60. The first-order valence-corrected chi connectivity index (χ1v) is 10.9. The van der Waals surface area contributed by atoms with Crippen LogP contribution < -0.4 is 0 Å². The number of rotatable bonds is 4. The first-order valence-electron chi connectivity index (χ1n) is 10.2. The number of halogens is 2. The lowest BCUT2D eigenvalue weighted by molar-refractivity contribution is -0.134. The Labute approximate surface area is 177 Å². The van der Waals surface area contributed by atoms with Crippen molar-refractivity contribution in [3.05, 3.63) is 69.2 Å². The Morgan fingerprint density at radius 1 is 0.964 bits per heavy atom. The lowest BCUT2D eigenvalue weighted by Gasteiger charge is -2.41. The third-order valence-electron chi connectivity index (χ3n) is 5.95. The van der Waals surface area contributed by atoms with Gasteiger partial charge in [0.1, 0.15) is 0 Å². The number of nitrogens with zero attached hydrogens (tertiary/aromatic N) is 2. The number of likely N-dealkylation sites (tertiary alicyclic amines) is 1. The van der Waals surface area contributed by atoms with E-state index in [2.05, 4.69) is 34.1 Å². The summed E-state index contributed by atoms with van der Waals surface area (Å²) in [7, 11) is 0. The Bertz CT molecular complexity index is 848. The fraction of sp³-hybridized carbons (Fsp3) is 0.435. The van der Waals surface area contributed by atoms with E-state index in [1.807, 2.05) is 6.07 Å². The van der Waals surface area contributed by atoms with Crippen molar-refractivity contribution in [2.24, 2.45) is 0 Å². The van der Waals surface area contributed by atoms with Crippen LogP contribution in [0, 0.1) is 0 Å². The van der Waals surface area contributed by atoms with E-state index in [4.69, 9.17) is 23.2 Å². The van der Waals surface area contributed by atoms with Gasteiger partial charge in [-0.05, 0) is 61.2 Å². The molecule has 1 unspecified atom stereocenters. The van der Waals surface area contributed by atoms with E-state index >= 15 is 0 Å². The molecule has 2 heterocycles. The highest BCUT2D eigenvalue weighted by Crippen LogP contribution is 2.32. The summed E-state index contributed by atoms with van der Waals surface area (Å²) in [4.78, 5) is 17.9. The fourth-order valence-corrected chi connectivity index (χ4v) is 4.78. The average molecular weight is 417 g/mol. The molecule has 2 aromatic carbocycles. The summed E-state index contributed by atoms with van der Waals surface area (Å²) in [6.07, 6.45) is 5.10. The van der Waals surface area contributed by atoms with E-state index in [1.54, 1.807) is 12.1 Å². The van der Waals surface area contributed by atoms with E-state index in [0.29, 0.717) is 16.5 Å². The molecule has 2 aliphatic rings. The maximum absolute atomic E-state index is 13.3. The molecule has 5 heteroatoms.